The first kappa shape index (κ1) is 14.8. The summed E-state index contributed by atoms with van der Waals surface area (Å²) < 4.78 is 4.86. The number of rotatable bonds is 2. The molecule has 0 unspecified atom stereocenters. The highest BCUT2D eigenvalue weighted by Crippen LogP contribution is 2.35. The summed E-state index contributed by atoms with van der Waals surface area (Å²) in [6.07, 6.45) is 6.97. The molecule has 0 bridgehead atoms. The molecule has 1 fully saturated rings. The highest BCUT2D eigenvalue weighted by Gasteiger charge is 2.18. The van der Waals surface area contributed by atoms with Gasteiger partial charge in [0, 0.05) is 26.3 Å². The quantitative estimate of drug-likeness (QED) is 0.424. The molecule has 0 saturated heterocycles. The first-order valence-electron chi connectivity index (χ1n) is 8.09. The van der Waals surface area contributed by atoms with E-state index in [-0.39, 0.29) is 0 Å². The fourth-order valence-corrected chi connectivity index (χ4v) is 4.56. The molecule has 0 N–H and O–H groups in total. The van der Waals surface area contributed by atoms with E-state index in [0.29, 0.717) is 0 Å². The molecule has 0 atom stereocenters. The molecule has 0 amide bonds. The average molecular weight is 421 g/mol. The third kappa shape index (κ3) is 2.63. The van der Waals surface area contributed by atoms with Crippen molar-refractivity contribution in [2.75, 3.05) is 0 Å². The maximum Gasteiger partial charge on any atom is 0.0502 e. The van der Waals surface area contributed by atoms with Crippen LogP contribution in [0.5, 0.6) is 0 Å². The molecule has 1 aliphatic carbocycles. The van der Waals surface area contributed by atoms with Gasteiger partial charge in [0.2, 0.25) is 0 Å². The summed E-state index contributed by atoms with van der Waals surface area (Å²) in [6, 6.07) is 13.3. The number of nitrogens with zero attached hydrogens (tertiary/aromatic N) is 1. The summed E-state index contributed by atoms with van der Waals surface area (Å²) >= 11 is 7.28. The third-order valence-electron chi connectivity index (χ3n) is 4.96. The van der Waals surface area contributed by atoms with Crippen LogP contribution in [0.25, 0.3) is 21.8 Å². The normalized spacial score (nSPS) is 16.6. The maximum absolute atomic E-state index is 3.64. The van der Waals surface area contributed by atoms with Crippen LogP contribution in [0.15, 0.2) is 45.3 Å². The van der Waals surface area contributed by atoms with Crippen LogP contribution in [-0.2, 0) is 6.54 Å². The van der Waals surface area contributed by atoms with E-state index in [0.717, 1.165) is 21.4 Å². The fourth-order valence-electron chi connectivity index (χ4n) is 3.87. The summed E-state index contributed by atoms with van der Waals surface area (Å²) in [5, 5.41) is 2.73. The summed E-state index contributed by atoms with van der Waals surface area (Å²) in [5.41, 5.74) is 2.71. The van der Waals surface area contributed by atoms with Crippen LogP contribution in [-0.4, -0.2) is 4.57 Å². The molecule has 0 spiro atoms. The second-order valence-corrected chi connectivity index (χ2v) is 8.27. The largest absolute Gasteiger partial charge is 0.340 e. The molecule has 4 rings (SSSR count). The molecule has 1 nitrogen and oxygen atoms in total. The molecule has 1 aromatic heterocycles. The Morgan fingerprint density at radius 3 is 1.91 bits per heavy atom. The maximum atomic E-state index is 3.64. The van der Waals surface area contributed by atoms with Crippen molar-refractivity contribution in [2.24, 2.45) is 5.92 Å². The van der Waals surface area contributed by atoms with Crippen molar-refractivity contribution >= 4 is 53.7 Å². The molecule has 3 aromatic rings. The van der Waals surface area contributed by atoms with Gasteiger partial charge >= 0.3 is 0 Å². The van der Waals surface area contributed by atoms with Crippen LogP contribution < -0.4 is 0 Å². The van der Waals surface area contributed by atoms with Gasteiger partial charge < -0.3 is 4.57 Å². The Balaban J connectivity index is 1.91. The number of fused-ring (bicyclic) bond motifs is 3. The topological polar surface area (TPSA) is 4.93 Å². The minimum absolute atomic E-state index is 0.825. The van der Waals surface area contributed by atoms with Gasteiger partial charge in [0.05, 0.1) is 11.0 Å². The van der Waals surface area contributed by atoms with Gasteiger partial charge in [0.15, 0.2) is 0 Å². The molecule has 0 radical (unpaired) electrons. The van der Waals surface area contributed by atoms with Crippen molar-refractivity contribution in [2.45, 2.75) is 38.6 Å². The lowest BCUT2D eigenvalue weighted by molar-refractivity contribution is 0.325. The Morgan fingerprint density at radius 1 is 0.818 bits per heavy atom. The van der Waals surface area contributed by atoms with E-state index in [9.17, 15) is 0 Å². The molecule has 2 aromatic carbocycles. The Morgan fingerprint density at radius 2 is 1.36 bits per heavy atom. The van der Waals surface area contributed by atoms with E-state index in [4.69, 9.17) is 0 Å². The van der Waals surface area contributed by atoms with Crippen molar-refractivity contribution in [1.82, 2.24) is 4.57 Å². The lowest BCUT2D eigenvalue weighted by atomic mass is 9.89. The SMILES string of the molecule is Brc1ccc2c3ccc(Br)cc3n(CC3CCCCC3)c2c1. The number of hydrogen-bond acceptors (Lipinski definition) is 0. The lowest BCUT2D eigenvalue weighted by Gasteiger charge is -2.23. The first-order valence-corrected chi connectivity index (χ1v) is 9.68. The standard InChI is InChI=1S/C19H19Br2N/c20-14-6-8-16-17-9-7-15(21)11-19(17)22(18(16)10-14)12-13-4-2-1-3-5-13/h6-11,13H,1-5,12H2. The highest BCUT2D eigenvalue weighted by molar-refractivity contribution is 9.10. The molecule has 1 heterocycles. The van der Waals surface area contributed by atoms with Gasteiger partial charge in [0.1, 0.15) is 0 Å². The zero-order chi connectivity index (χ0) is 15.1. The summed E-state index contributed by atoms with van der Waals surface area (Å²) in [5.74, 6) is 0.825. The van der Waals surface area contributed by atoms with Gasteiger partial charge in [-0.2, -0.15) is 0 Å². The number of benzene rings is 2. The minimum Gasteiger partial charge on any atom is -0.340 e. The number of aromatic nitrogens is 1. The summed E-state index contributed by atoms with van der Waals surface area (Å²) in [4.78, 5) is 0. The Hall–Kier alpha value is -0.800. The van der Waals surface area contributed by atoms with Crippen molar-refractivity contribution in [3.05, 3.63) is 45.3 Å². The van der Waals surface area contributed by atoms with Gasteiger partial charge in [-0.3, -0.25) is 0 Å². The van der Waals surface area contributed by atoms with Crippen LogP contribution in [0.2, 0.25) is 0 Å². The molecule has 114 valence electrons. The van der Waals surface area contributed by atoms with Crippen LogP contribution in [0.1, 0.15) is 32.1 Å². The Labute approximate surface area is 147 Å². The van der Waals surface area contributed by atoms with E-state index in [2.05, 4.69) is 72.8 Å². The van der Waals surface area contributed by atoms with Crippen molar-refractivity contribution in [3.8, 4) is 0 Å². The average Bonchev–Trinajstić information content (AvgIpc) is 2.81. The zero-order valence-corrected chi connectivity index (χ0v) is 15.7. The Bertz CT molecular complexity index is 769. The minimum atomic E-state index is 0.825. The van der Waals surface area contributed by atoms with Crippen molar-refractivity contribution < 1.29 is 0 Å². The second-order valence-electron chi connectivity index (χ2n) is 6.44. The molecular formula is C19H19Br2N. The van der Waals surface area contributed by atoms with Crippen molar-refractivity contribution in [1.29, 1.82) is 0 Å². The smallest absolute Gasteiger partial charge is 0.0502 e. The molecular weight excluding hydrogens is 402 g/mol. The lowest BCUT2D eigenvalue weighted by Crippen LogP contribution is -2.13. The third-order valence-corrected chi connectivity index (χ3v) is 5.94. The monoisotopic (exact) mass is 419 g/mol. The van der Waals surface area contributed by atoms with E-state index in [1.165, 1.54) is 53.9 Å². The predicted octanol–water partition coefficient (Wildman–Crippen LogP) is 6.90. The predicted molar refractivity (Wildman–Crippen MR) is 101 cm³/mol. The van der Waals surface area contributed by atoms with Crippen LogP contribution in [0, 0.1) is 5.92 Å². The zero-order valence-electron chi connectivity index (χ0n) is 12.5. The summed E-state index contributed by atoms with van der Waals surface area (Å²) in [7, 11) is 0. The van der Waals surface area contributed by atoms with Gasteiger partial charge in [-0.1, -0.05) is 63.3 Å². The first-order chi connectivity index (χ1) is 10.7. The van der Waals surface area contributed by atoms with E-state index in [1.807, 2.05) is 0 Å². The van der Waals surface area contributed by atoms with Gasteiger partial charge in [-0.05, 0) is 43.0 Å². The van der Waals surface area contributed by atoms with Crippen LogP contribution in [0.4, 0.5) is 0 Å². The van der Waals surface area contributed by atoms with Gasteiger partial charge in [0.25, 0.3) is 0 Å². The second kappa shape index (κ2) is 6.01. The Kier molecular flexibility index (Phi) is 4.04. The highest BCUT2D eigenvalue weighted by atomic mass is 79.9. The molecule has 1 saturated carbocycles. The van der Waals surface area contributed by atoms with Crippen LogP contribution in [0.3, 0.4) is 0 Å². The fraction of sp³-hybridized carbons (Fsp3) is 0.368. The van der Waals surface area contributed by atoms with E-state index < -0.39 is 0 Å². The van der Waals surface area contributed by atoms with Crippen molar-refractivity contribution in [3.63, 3.8) is 0 Å². The molecule has 0 aliphatic heterocycles. The van der Waals surface area contributed by atoms with E-state index >= 15 is 0 Å². The van der Waals surface area contributed by atoms with Gasteiger partial charge in [-0.15, -0.1) is 0 Å². The van der Waals surface area contributed by atoms with E-state index in [1.54, 1.807) is 0 Å². The number of hydrogen-bond donors (Lipinski definition) is 0. The molecule has 22 heavy (non-hydrogen) atoms. The molecule has 1 aliphatic rings. The van der Waals surface area contributed by atoms with Gasteiger partial charge in [-0.25, -0.2) is 0 Å². The number of halogens is 2. The molecule has 3 heteroatoms. The summed E-state index contributed by atoms with van der Waals surface area (Å²) in [6.45, 7) is 1.15. The van der Waals surface area contributed by atoms with Crippen LogP contribution >= 0.6 is 31.9 Å².